The third kappa shape index (κ3) is 3.74. The van der Waals surface area contributed by atoms with Gasteiger partial charge in [0.15, 0.2) is 0 Å². The van der Waals surface area contributed by atoms with Gasteiger partial charge in [0.05, 0.1) is 19.3 Å². The van der Waals surface area contributed by atoms with Gasteiger partial charge >= 0.3 is 0 Å². The van der Waals surface area contributed by atoms with Gasteiger partial charge in [0.25, 0.3) is 0 Å². The van der Waals surface area contributed by atoms with E-state index in [-0.39, 0.29) is 6.04 Å². The second-order valence-corrected chi connectivity index (χ2v) is 6.21. The van der Waals surface area contributed by atoms with E-state index in [9.17, 15) is 0 Å². The fourth-order valence-electron chi connectivity index (χ4n) is 2.88. The number of rotatable bonds is 6. The predicted octanol–water partition coefficient (Wildman–Crippen LogP) is 3.92. The van der Waals surface area contributed by atoms with Crippen LogP contribution in [-0.2, 0) is 4.74 Å². The number of benzene rings is 1. The molecule has 0 spiro atoms. The van der Waals surface area contributed by atoms with Gasteiger partial charge in [-0.2, -0.15) is 0 Å². The van der Waals surface area contributed by atoms with Crippen molar-refractivity contribution in [2.24, 2.45) is 5.92 Å². The number of hydrogen-bond acceptors (Lipinski definition) is 3. The van der Waals surface area contributed by atoms with Crippen molar-refractivity contribution in [1.29, 1.82) is 0 Å². The number of nitrogens with one attached hydrogen (secondary N) is 1. The minimum atomic E-state index is 0.281. The highest BCUT2D eigenvalue weighted by atomic mass is 79.9. The van der Waals surface area contributed by atoms with Crippen LogP contribution in [-0.4, -0.2) is 25.9 Å². The van der Waals surface area contributed by atoms with Crippen molar-refractivity contribution < 1.29 is 9.47 Å². The van der Waals surface area contributed by atoms with E-state index in [2.05, 4.69) is 41.2 Å². The summed E-state index contributed by atoms with van der Waals surface area (Å²) in [6.45, 7) is 8.75. The summed E-state index contributed by atoms with van der Waals surface area (Å²) in [5.74, 6) is 1.47. The lowest BCUT2D eigenvalue weighted by molar-refractivity contribution is 0.116. The predicted molar refractivity (Wildman–Crippen MR) is 85.2 cm³/mol. The van der Waals surface area contributed by atoms with Gasteiger partial charge in [-0.15, -0.1) is 0 Å². The van der Waals surface area contributed by atoms with E-state index < -0.39 is 0 Å². The Kier molecular flexibility index (Phi) is 5.87. The third-order valence-corrected chi connectivity index (χ3v) is 4.22. The zero-order valence-corrected chi connectivity index (χ0v) is 14.1. The second-order valence-electron chi connectivity index (χ2n) is 5.29. The molecular formula is C16H24BrNO2. The molecule has 3 unspecified atom stereocenters. The first-order valence-corrected chi connectivity index (χ1v) is 8.22. The molecule has 1 saturated heterocycles. The van der Waals surface area contributed by atoms with Gasteiger partial charge in [-0.3, -0.25) is 0 Å². The first kappa shape index (κ1) is 15.8. The van der Waals surface area contributed by atoms with Crippen LogP contribution in [0, 0.1) is 5.92 Å². The lowest BCUT2D eigenvalue weighted by Crippen LogP contribution is -2.29. The summed E-state index contributed by atoms with van der Waals surface area (Å²) < 4.78 is 12.6. The highest BCUT2D eigenvalue weighted by Crippen LogP contribution is 2.37. The van der Waals surface area contributed by atoms with E-state index in [4.69, 9.17) is 9.47 Å². The Hall–Kier alpha value is -0.580. The summed E-state index contributed by atoms with van der Waals surface area (Å²) in [6, 6.07) is 6.53. The molecule has 1 aliphatic heterocycles. The Balaban J connectivity index is 2.29. The average molecular weight is 342 g/mol. The van der Waals surface area contributed by atoms with E-state index in [1.807, 2.05) is 19.1 Å². The van der Waals surface area contributed by atoms with Crippen LogP contribution in [0.5, 0.6) is 5.75 Å². The summed E-state index contributed by atoms with van der Waals surface area (Å²) in [6.07, 6.45) is 1.44. The molecule has 1 heterocycles. The topological polar surface area (TPSA) is 30.5 Å². The Morgan fingerprint density at radius 3 is 2.85 bits per heavy atom. The molecule has 1 aromatic rings. The normalized spacial score (nSPS) is 23.8. The van der Waals surface area contributed by atoms with Crippen molar-refractivity contribution in [3.63, 3.8) is 0 Å². The van der Waals surface area contributed by atoms with E-state index in [0.29, 0.717) is 18.6 Å². The molecule has 2 rings (SSSR count). The second kappa shape index (κ2) is 7.43. The van der Waals surface area contributed by atoms with E-state index in [1.54, 1.807) is 0 Å². The van der Waals surface area contributed by atoms with Crippen molar-refractivity contribution in [1.82, 2.24) is 5.32 Å². The van der Waals surface area contributed by atoms with Crippen LogP contribution >= 0.6 is 15.9 Å². The van der Waals surface area contributed by atoms with Gasteiger partial charge < -0.3 is 14.8 Å². The van der Waals surface area contributed by atoms with E-state index in [0.717, 1.165) is 29.8 Å². The molecule has 1 aromatic carbocycles. The van der Waals surface area contributed by atoms with Crippen LogP contribution in [0.1, 0.15) is 38.8 Å². The van der Waals surface area contributed by atoms with Gasteiger partial charge in [-0.25, -0.2) is 0 Å². The average Bonchev–Trinajstić information content (AvgIpc) is 2.85. The van der Waals surface area contributed by atoms with Crippen LogP contribution in [0.4, 0.5) is 0 Å². The quantitative estimate of drug-likeness (QED) is 0.850. The molecule has 20 heavy (non-hydrogen) atoms. The maximum absolute atomic E-state index is 5.80. The molecule has 0 radical (unpaired) electrons. The smallest absolute Gasteiger partial charge is 0.124 e. The molecule has 0 amide bonds. The van der Waals surface area contributed by atoms with Crippen LogP contribution in [0.25, 0.3) is 0 Å². The summed E-state index contributed by atoms with van der Waals surface area (Å²) in [5, 5.41) is 3.61. The maximum Gasteiger partial charge on any atom is 0.124 e. The van der Waals surface area contributed by atoms with E-state index >= 15 is 0 Å². The fraction of sp³-hybridized carbons (Fsp3) is 0.625. The minimum Gasteiger partial charge on any atom is -0.494 e. The maximum atomic E-state index is 5.80. The molecule has 4 heteroatoms. The Bertz CT molecular complexity index is 438. The Morgan fingerprint density at radius 2 is 2.25 bits per heavy atom. The highest BCUT2D eigenvalue weighted by molar-refractivity contribution is 9.10. The van der Waals surface area contributed by atoms with Crippen LogP contribution in [0.15, 0.2) is 22.7 Å². The third-order valence-electron chi connectivity index (χ3n) is 3.73. The molecule has 112 valence electrons. The van der Waals surface area contributed by atoms with Crippen LogP contribution in [0.3, 0.4) is 0 Å². The SMILES string of the molecule is CCNC(c1cc(Br)ccc1OCC)C1COC(C)C1. The number of ether oxygens (including phenoxy) is 2. The molecule has 1 aliphatic rings. The summed E-state index contributed by atoms with van der Waals surface area (Å²) in [7, 11) is 0. The summed E-state index contributed by atoms with van der Waals surface area (Å²) in [5.41, 5.74) is 1.23. The van der Waals surface area contributed by atoms with Gasteiger partial charge in [0.2, 0.25) is 0 Å². The molecule has 3 atom stereocenters. The van der Waals surface area contributed by atoms with Crippen molar-refractivity contribution in [3.8, 4) is 5.75 Å². The molecule has 0 saturated carbocycles. The van der Waals surface area contributed by atoms with Gasteiger partial charge in [0.1, 0.15) is 5.75 Å². The van der Waals surface area contributed by atoms with E-state index in [1.165, 1.54) is 5.56 Å². The highest BCUT2D eigenvalue weighted by Gasteiger charge is 2.31. The molecule has 1 fully saturated rings. The zero-order chi connectivity index (χ0) is 14.5. The van der Waals surface area contributed by atoms with Crippen molar-refractivity contribution in [2.75, 3.05) is 19.8 Å². The molecule has 0 aromatic heterocycles. The van der Waals surface area contributed by atoms with Gasteiger partial charge in [-0.05, 0) is 45.0 Å². The fourth-order valence-corrected chi connectivity index (χ4v) is 3.26. The van der Waals surface area contributed by atoms with Crippen molar-refractivity contribution in [2.45, 2.75) is 39.3 Å². The Labute approximate surface area is 130 Å². The van der Waals surface area contributed by atoms with Crippen LogP contribution < -0.4 is 10.1 Å². The summed E-state index contributed by atoms with van der Waals surface area (Å²) >= 11 is 3.57. The van der Waals surface area contributed by atoms with Gasteiger partial charge in [-0.1, -0.05) is 22.9 Å². The first-order valence-electron chi connectivity index (χ1n) is 7.42. The largest absolute Gasteiger partial charge is 0.494 e. The lowest BCUT2D eigenvalue weighted by Gasteiger charge is -2.26. The summed E-state index contributed by atoms with van der Waals surface area (Å²) in [4.78, 5) is 0. The first-order chi connectivity index (χ1) is 9.65. The number of halogens is 1. The minimum absolute atomic E-state index is 0.281. The van der Waals surface area contributed by atoms with Gasteiger partial charge in [0, 0.05) is 22.0 Å². The molecule has 0 aliphatic carbocycles. The number of hydrogen-bond donors (Lipinski definition) is 1. The molecule has 0 bridgehead atoms. The monoisotopic (exact) mass is 341 g/mol. The lowest BCUT2D eigenvalue weighted by atomic mass is 9.90. The van der Waals surface area contributed by atoms with Crippen molar-refractivity contribution >= 4 is 15.9 Å². The standard InChI is InChI=1S/C16H24BrNO2/c1-4-18-16(12-8-11(3)20-10-12)14-9-13(17)6-7-15(14)19-5-2/h6-7,9,11-12,16,18H,4-5,8,10H2,1-3H3. The van der Waals surface area contributed by atoms with Crippen LogP contribution in [0.2, 0.25) is 0 Å². The zero-order valence-electron chi connectivity index (χ0n) is 12.5. The Morgan fingerprint density at radius 1 is 1.45 bits per heavy atom. The molecule has 3 nitrogen and oxygen atoms in total. The molecular weight excluding hydrogens is 318 g/mol. The van der Waals surface area contributed by atoms with Crippen molar-refractivity contribution in [3.05, 3.63) is 28.2 Å². The molecule has 1 N–H and O–H groups in total.